The maximum Gasteiger partial charge on any atom is 0.155 e. The van der Waals surface area contributed by atoms with E-state index in [1.807, 2.05) is 0 Å². The van der Waals surface area contributed by atoms with E-state index in [0.29, 0.717) is 11.4 Å². The molecule has 5 nitrogen and oxygen atoms in total. The van der Waals surface area contributed by atoms with Crippen LogP contribution in [-0.4, -0.2) is 20.3 Å². The number of hydrogen-bond acceptors (Lipinski definition) is 5. The highest BCUT2D eigenvalue weighted by molar-refractivity contribution is 5.48. The average Bonchev–Trinajstić information content (AvgIpc) is 2.58. The Morgan fingerprint density at radius 2 is 2.36 bits per heavy atom. The second-order valence-corrected chi connectivity index (χ2v) is 1.81. The molecule has 0 aliphatic rings. The Labute approximate surface area is 62.1 Å². The highest BCUT2D eigenvalue weighted by Gasteiger charge is 2.01. The minimum atomic E-state index is 0.536. The van der Waals surface area contributed by atoms with E-state index >= 15 is 0 Å². The zero-order valence-corrected chi connectivity index (χ0v) is 5.43. The molecule has 0 fully saturated rings. The first-order valence-electron chi connectivity index (χ1n) is 2.93. The van der Waals surface area contributed by atoms with Gasteiger partial charge in [-0.2, -0.15) is 0 Å². The van der Waals surface area contributed by atoms with Crippen LogP contribution in [0.2, 0.25) is 0 Å². The van der Waals surface area contributed by atoms with Crippen LogP contribution in [0.1, 0.15) is 0 Å². The molecule has 2 aromatic rings. The quantitative estimate of drug-likeness (QED) is 0.581. The van der Waals surface area contributed by atoms with Crippen molar-refractivity contribution in [3.8, 4) is 11.4 Å². The Hall–Kier alpha value is -1.78. The predicted octanol–water partition coefficient (Wildman–Crippen LogP) is 0.327. The van der Waals surface area contributed by atoms with Crippen molar-refractivity contribution in [2.45, 2.75) is 0 Å². The summed E-state index contributed by atoms with van der Waals surface area (Å²) in [6.45, 7) is 0. The van der Waals surface area contributed by atoms with Gasteiger partial charge in [-0.25, -0.2) is 0 Å². The lowest BCUT2D eigenvalue weighted by atomic mass is 10.4. The Morgan fingerprint density at radius 1 is 1.36 bits per heavy atom. The number of nitrogens with zero attached hydrogens (tertiary/aromatic N) is 4. The van der Waals surface area contributed by atoms with Gasteiger partial charge in [0, 0.05) is 17.7 Å². The molecule has 2 heterocycles. The van der Waals surface area contributed by atoms with Crippen molar-refractivity contribution in [2.75, 3.05) is 0 Å². The van der Waals surface area contributed by atoms with E-state index in [1.54, 1.807) is 6.20 Å². The molecule has 1 radical (unpaired) electrons. The molecule has 11 heavy (non-hydrogen) atoms. The zero-order chi connectivity index (χ0) is 7.52. The Morgan fingerprint density at radius 3 is 3.00 bits per heavy atom. The molecule has 0 saturated carbocycles. The Balaban J connectivity index is 2.46. The van der Waals surface area contributed by atoms with E-state index < -0.39 is 0 Å². The van der Waals surface area contributed by atoms with Crippen LogP contribution in [0.25, 0.3) is 11.4 Å². The third-order valence-corrected chi connectivity index (χ3v) is 1.12. The van der Waals surface area contributed by atoms with Gasteiger partial charge in [0.15, 0.2) is 12.0 Å². The van der Waals surface area contributed by atoms with E-state index in [1.165, 1.54) is 12.5 Å². The van der Waals surface area contributed by atoms with Gasteiger partial charge in [0.1, 0.15) is 11.9 Å². The highest BCUT2D eigenvalue weighted by Crippen LogP contribution is 2.08. The van der Waals surface area contributed by atoms with Crippen LogP contribution in [0.15, 0.2) is 23.2 Å². The van der Waals surface area contributed by atoms with Gasteiger partial charge in [0.05, 0.1) is 0 Å². The van der Waals surface area contributed by atoms with Crippen LogP contribution < -0.4 is 0 Å². The maximum atomic E-state index is 4.52. The van der Waals surface area contributed by atoms with Crippen LogP contribution >= 0.6 is 0 Å². The molecule has 2 aromatic heterocycles. The van der Waals surface area contributed by atoms with Crippen LogP contribution in [0.4, 0.5) is 0 Å². The second kappa shape index (κ2) is 2.45. The third kappa shape index (κ3) is 1.07. The largest absolute Gasteiger partial charge is 0.345 e. The Bertz CT molecular complexity index is 318. The maximum absolute atomic E-state index is 4.52. The normalized spacial score (nSPS) is 9.82. The zero-order valence-electron chi connectivity index (χ0n) is 5.43. The highest BCUT2D eigenvalue weighted by atomic mass is 16.5. The molecule has 53 valence electrons. The standard InChI is InChI=1S/C6H3N4O/c1-2-8-5(3-7-1)6-4-11-10-9-6/h1-2,4H. The van der Waals surface area contributed by atoms with Crippen LogP contribution in [0.3, 0.4) is 0 Å². The van der Waals surface area contributed by atoms with Crippen molar-refractivity contribution < 1.29 is 4.52 Å². The summed E-state index contributed by atoms with van der Waals surface area (Å²) in [5.41, 5.74) is 1.08. The number of aromatic nitrogens is 4. The van der Waals surface area contributed by atoms with Gasteiger partial charge in [-0.1, -0.05) is 0 Å². The fraction of sp³-hybridized carbons (Fsp3) is 0. The summed E-state index contributed by atoms with van der Waals surface area (Å²) in [5.74, 6) is 0. The van der Waals surface area contributed by atoms with Crippen molar-refractivity contribution in [1.82, 2.24) is 20.3 Å². The molecule has 0 aliphatic heterocycles. The van der Waals surface area contributed by atoms with Gasteiger partial charge in [0.2, 0.25) is 0 Å². The van der Waals surface area contributed by atoms with Crippen molar-refractivity contribution in [3.63, 3.8) is 0 Å². The van der Waals surface area contributed by atoms with Crippen molar-refractivity contribution >= 4 is 0 Å². The number of hydrogen-bond donors (Lipinski definition) is 0. The second-order valence-electron chi connectivity index (χ2n) is 1.81. The summed E-state index contributed by atoms with van der Waals surface area (Å²) in [6, 6.07) is 0. The van der Waals surface area contributed by atoms with E-state index in [2.05, 4.69) is 31.1 Å². The summed E-state index contributed by atoms with van der Waals surface area (Å²) in [5, 5.41) is 6.92. The minimum Gasteiger partial charge on any atom is -0.345 e. The molecule has 0 atom stereocenters. The molecule has 2 rings (SSSR count). The minimum absolute atomic E-state index is 0.536. The smallest absolute Gasteiger partial charge is 0.155 e. The van der Waals surface area contributed by atoms with Gasteiger partial charge in [-0.3, -0.25) is 9.97 Å². The fourth-order valence-electron chi connectivity index (χ4n) is 0.660. The molecule has 0 saturated heterocycles. The Kier molecular flexibility index (Phi) is 1.33. The number of rotatable bonds is 1. The van der Waals surface area contributed by atoms with Crippen molar-refractivity contribution in [2.24, 2.45) is 0 Å². The molecule has 0 N–H and O–H groups in total. The van der Waals surface area contributed by atoms with E-state index in [0.717, 1.165) is 0 Å². The van der Waals surface area contributed by atoms with E-state index in [-0.39, 0.29) is 0 Å². The van der Waals surface area contributed by atoms with Gasteiger partial charge < -0.3 is 4.52 Å². The molecular formula is C6H3N4O. The van der Waals surface area contributed by atoms with E-state index in [4.69, 9.17) is 0 Å². The van der Waals surface area contributed by atoms with Gasteiger partial charge in [0.25, 0.3) is 0 Å². The first-order valence-corrected chi connectivity index (χ1v) is 2.93. The summed E-state index contributed by atoms with van der Waals surface area (Å²) in [7, 11) is 0. The molecule has 0 bridgehead atoms. The molecule has 0 amide bonds. The van der Waals surface area contributed by atoms with Gasteiger partial charge in [-0.15, -0.1) is 5.10 Å². The summed E-state index contributed by atoms with van der Waals surface area (Å²) in [4.78, 5) is 7.68. The molecule has 0 spiro atoms. The van der Waals surface area contributed by atoms with Crippen LogP contribution in [0.5, 0.6) is 0 Å². The molecular weight excluding hydrogens is 144 g/mol. The monoisotopic (exact) mass is 147 g/mol. The third-order valence-electron chi connectivity index (χ3n) is 1.12. The SMILES string of the molecule is [c]1nccnc1-c1conn1. The van der Waals surface area contributed by atoms with Gasteiger partial charge in [-0.05, 0) is 0 Å². The van der Waals surface area contributed by atoms with Crippen LogP contribution in [-0.2, 0) is 0 Å². The summed E-state index contributed by atoms with van der Waals surface area (Å²) < 4.78 is 4.52. The first kappa shape index (κ1) is 5.96. The van der Waals surface area contributed by atoms with Gasteiger partial charge >= 0.3 is 0 Å². The molecule has 0 aliphatic carbocycles. The lowest BCUT2D eigenvalue weighted by Crippen LogP contribution is -1.84. The van der Waals surface area contributed by atoms with Crippen LogP contribution in [0, 0.1) is 6.20 Å². The van der Waals surface area contributed by atoms with Crippen molar-refractivity contribution in [1.29, 1.82) is 0 Å². The topological polar surface area (TPSA) is 64.7 Å². The first-order chi connectivity index (χ1) is 5.47. The average molecular weight is 147 g/mol. The van der Waals surface area contributed by atoms with E-state index in [9.17, 15) is 0 Å². The van der Waals surface area contributed by atoms with Crippen molar-refractivity contribution in [3.05, 3.63) is 24.9 Å². The summed E-state index contributed by atoms with van der Waals surface area (Å²) >= 11 is 0. The fourth-order valence-corrected chi connectivity index (χ4v) is 0.660. The molecule has 0 aromatic carbocycles. The lowest BCUT2D eigenvalue weighted by molar-refractivity contribution is 0.393. The predicted molar refractivity (Wildman–Crippen MR) is 34.2 cm³/mol. The lowest BCUT2D eigenvalue weighted by Gasteiger charge is -1.87. The molecule has 0 unspecified atom stereocenters. The molecule has 5 heteroatoms. The summed E-state index contributed by atoms with van der Waals surface area (Å²) in [6.07, 6.45) is 7.13.